The van der Waals surface area contributed by atoms with Crippen LogP contribution in [0.2, 0.25) is 0 Å². The normalized spacial score (nSPS) is 18.8. The van der Waals surface area contributed by atoms with Crippen LogP contribution in [-0.4, -0.2) is 23.8 Å². The van der Waals surface area contributed by atoms with Gasteiger partial charge in [-0.15, -0.1) is 0 Å². The number of nitrogens with one attached hydrogen (secondary N) is 1. The van der Waals surface area contributed by atoms with Crippen molar-refractivity contribution in [1.82, 2.24) is 5.32 Å². The Morgan fingerprint density at radius 3 is 2.41 bits per heavy atom. The summed E-state index contributed by atoms with van der Waals surface area (Å²) in [6, 6.07) is 10.5. The molecule has 0 saturated heterocycles. The van der Waals surface area contributed by atoms with E-state index in [0.29, 0.717) is 0 Å². The van der Waals surface area contributed by atoms with Crippen molar-refractivity contribution in [2.45, 2.75) is 44.1 Å². The second-order valence-corrected chi connectivity index (χ2v) is 5.93. The predicted octanol–water partition coefficient (Wildman–Crippen LogP) is 2.47. The summed E-state index contributed by atoms with van der Waals surface area (Å²) in [7, 11) is 0. The van der Waals surface area contributed by atoms with Gasteiger partial charge >= 0.3 is 0 Å². The maximum atomic E-state index is 10.0. The smallest absolute Gasteiger partial charge is 0.0771 e. The largest absolute Gasteiger partial charge is 0.389 e. The molecule has 1 aliphatic rings. The second-order valence-electron chi connectivity index (χ2n) is 5.93. The Balaban J connectivity index is 1.85. The molecule has 2 heteroatoms. The molecular weight excluding hydrogens is 210 g/mol. The monoisotopic (exact) mass is 233 g/mol. The first-order valence-electron chi connectivity index (χ1n) is 6.51. The molecule has 0 atom stereocenters. The zero-order valence-corrected chi connectivity index (χ0v) is 10.9. The standard InChI is InChI=1S/C15H23NO/c1-14(2,13-7-4-3-5-8-13)11-16-12-15(17)9-6-10-15/h3-5,7-8,16-17H,6,9-12H2,1-2H3. The fraction of sp³-hybridized carbons (Fsp3) is 0.600. The Hall–Kier alpha value is -0.860. The average molecular weight is 233 g/mol. The average Bonchev–Trinajstić information content (AvgIpc) is 2.28. The molecule has 0 bridgehead atoms. The first-order chi connectivity index (χ1) is 8.02. The van der Waals surface area contributed by atoms with Crippen LogP contribution in [0.15, 0.2) is 30.3 Å². The van der Waals surface area contributed by atoms with Gasteiger partial charge in [-0.2, -0.15) is 0 Å². The molecule has 1 aromatic carbocycles. The lowest BCUT2D eigenvalue weighted by molar-refractivity contribution is -0.0317. The molecule has 0 amide bonds. The van der Waals surface area contributed by atoms with Gasteiger partial charge in [-0.05, 0) is 24.8 Å². The number of rotatable bonds is 5. The summed E-state index contributed by atoms with van der Waals surface area (Å²) in [5.41, 5.74) is 1.03. The predicted molar refractivity (Wildman–Crippen MR) is 71.1 cm³/mol. The molecule has 0 radical (unpaired) electrons. The van der Waals surface area contributed by atoms with Crippen LogP contribution >= 0.6 is 0 Å². The van der Waals surface area contributed by atoms with Crippen LogP contribution < -0.4 is 5.32 Å². The van der Waals surface area contributed by atoms with Crippen molar-refractivity contribution in [3.05, 3.63) is 35.9 Å². The van der Waals surface area contributed by atoms with E-state index in [0.717, 1.165) is 25.9 Å². The van der Waals surface area contributed by atoms with Crippen LogP contribution in [0.5, 0.6) is 0 Å². The lowest BCUT2D eigenvalue weighted by atomic mass is 9.79. The van der Waals surface area contributed by atoms with E-state index in [4.69, 9.17) is 0 Å². The minimum Gasteiger partial charge on any atom is -0.389 e. The van der Waals surface area contributed by atoms with Crippen molar-refractivity contribution in [3.8, 4) is 0 Å². The molecule has 0 aromatic heterocycles. The van der Waals surface area contributed by atoms with Gasteiger partial charge in [0.05, 0.1) is 5.60 Å². The molecule has 2 nitrogen and oxygen atoms in total. The van der Waals surface area contributed by atoms with Gasteiger partial charge in [0, 0.05) is 18.5 Å². The zero-order valence-electron chi connectivity index (χ0n) is 10.9. The SMILES string of the molecule is CC(C)(CNCC1(O)CCC1)c1ccccc1. The van der Waals surface area contributed by atoms with E-state index >= 15 is 0 Å². The molecule has 2 N–H and O–H groups in total. The third-order valence-electron chi connectivity index (χ3n) is 3.86. The molecule has 1 aliphatic carbocycles. The molecule has 0 heterocycles. The van der Waals surface area contributed by atoms with Crippen LogP contribution in [0.25, 0.3) is 0 Å². The molecular formula is C15H23NO. The highest BCUT2D eigenvalue weighted by Crippen LogP contribution is 2.31. The summed E-state index contributed by atoms with van der Waals surface area (Å²) in [6.45, 7) is 6.10. The Morgan fingerprint density at radius 1 is 1.24 bits per heavy atom. The van der Waals surface area contributed by atoms with E-state index in [1.165, 1.54) is 12.0 Å². The third kappa shape index (κ3) is 3.08. The van der Waals surface area contributed by atoms with E-state index in [2.05, 4.69) is 43.4 Å². The highest BCUT2D eigenvalue weighted by atomic mass is 16.3. The second kappa shape index (κ2) is 4.79. The Labute approximate surface area is 104 Å². The first-order valence-corrected chi connectivity index (χ1v) is 6.51. The summed E-state index contributed by atoms with van der Waals surface area (Å²) in [4.78, 5) is 0. The number of hydrogen-bond acceptors (Lipinski definition) is 2. The van der Waals surface area contributed by atoms with Crippen LogP contribution in [0.3, 0.4) is 0 Å². The summed E-state index contributed by atoms with van der Waals surface area (Å²) < 4.78 is 0. The Morgan fingerprint density at radius 2 is 1.88 bits per heavy atom. The minimum absolute atomic E-state index is 0.112. The number of benzene rings is 1. The molecule has 0 aliphatic heterocycles. The highest BCUT2D eigenvalue weighted by molar-refractivity contribution is 5.23. The van der Waals surface area contributed by atoms with Crippen LogP contribution in [0, 0.1) is 0 Å². The van der Waals surface area contributed by atoms with Crippen LogP contribution in [0.4, 0.5) is 0 Å². The molecule has 0 spiro atoms. The van der Waals surface area contributed by atoms with Crippen molar-refractivity contribution in [2.24, 2.45) is 0 Å². The molecule has 94 valence electrons. The van der Waals surface area contributed by atoms with Gasteiger partial charge in [0.25, 0.3) is 0 Å². The van der Waals surface area contributed by atoms with Crippen molar-refractivity contribution in [3.63, 3.8) is 0 Å². The molecule has 1 fully saturated rings. The van der Waals surface area contributed by atoms with Crippen molar-refractivity contribution in [1.29, 1.82) is 0 Å². The van der Waals surface area contributed by atoms with Crippen molar-refractivity contribution in [2.75, 3.05) is 13.1 Å². The molecule has 17 heavy (non-hydrogen) atoms. The lowest BCUT2D eigenvalue weighted by Gasteiger charge is -2.38. The van der Waals surface area contributed by atoms with E-state index in [9.17, 15) is 5.11 Å². The van der Waals surface area contributed by atoms with Crippen molar-refractivity contribution >= 4 is 0 Å². The summed E-state index contributed by atoms with van der Waals surface area (Å²) in [5.74, 6) is 0. The van der Waals surface area contributed by atoms with Crippen molar-refractivity contribution < 1.29 is 5.11 Å². The van der Waals surface area contributed by atoms with E-state index in [-0.39, 0.29) is 5.41 Å². The summed E-state index contributed by atoms with van der Waals surface area (Å²) >= 11 is 0. The lowest BCUT2D eigenvalue weighted by Crippen LogP contribution is -2.48. The Kier molecular flexibility index (Phi) is 3.55. The maximum absolute atomic E-state index is 10.0. The van der Waals surface area contributed by atoms with Gasteiger partial charge in [0.1, 0.15) is 0 Å². The van der Waals surface area contributed by atoms with E-state index in [1.807, 2.05) is 6.07 Å². The topological polar surface area (TPSA) is 32.3 Å². The highest BCUT2D eigenvalue weighted by Gasteiger charge is 2.34. The molecule has 1 saturated carbocycles. The van der Waals surface area contributed by atoms with E-state index in [1.54, 1.807) is 0 Å². The molecule has 2 rings (SSSR count). The Bertz CT molecular complexity index is 354. The third-order valence-corrected chi connectivity index (χ3v) is 3.86. The number of hydrogen-bond donors (Lipinski definition) is 2. The van der Waals surface area contributed by atoms with Gasteiger partial charge in [0.15, 0.2) is 0 Å². The maximum Gasteiger partial charge on any atom is 0.0771 e. The van der Waals surface area contributed by atoms with Crippen LogP contribution in [-0.2, 0) is 5.41 Å². The minimum atomic E-state index is -0.424. The summed E-state index contributed by atoms with van der Waals surface area (Å²) in [5, 5.41) is 13.4. The van der Waals surface area contributed by atoms with Gasteiger partial charge in [-0.3, -0.25) is 0 Å². The fourth-order valence-electron chi connectivity index (χ4n) is 2.36. The first kappa shape index (κ1) is 12.6. The van der Waals surface area contributed by atoms with Gasteiger partial charge < -0.3 is 10.4 Å². The van der Waals surface area contributed by atoms with E-state index < -0.39 is 5.60 Å². The molecule has 0 unspecified atom stereocenters. The van der Waals surface area contributed by atoms with Gasteiger partial charge in [-0.1, -0.05) is 44.2 Å². The zero-order chi connectivity index (χ0) is 12.4. The van der Waals surface area contributed by atoms with Gasteiger partial charge in [0.2, 0.25) is 0 Å². The fourth-order valence-corrected chi connectivity index (χ4v) is 2.36. The quantitative estimate of drug-likeness (QED) is 0.819. The van der Waals surface area contributed by atoms with Gasteiger partial charge in [-0.25, -0.2) is 0 Å². The van der Waals surface area contributed by atoms with Crippen LogP contribution in [0.1, 0.15) is 38.7 Å². The molecule has 1 aromatic rings. The number of aliphatic hydroxyl groups is 1. The summed E-state index contributed by atoms with van der Waals surface area (Å²) in [6.07, 6.45) is 3.07.